The Morgan fingerprint density at radius 1 is 1.05 bits per heavy atom. The van der Waals surface area contributed by atoms with E-state index in [0.29, 0.717) is 6.04 Å². The molecular weight excluding hydrogens is 247 g/mol. The van der Waals surface area contributed by atoms with Crippen molar-refractivity contribution in [2.24, 2.45) is 0 Å². The van der Waals surface area contributed by atoms with Crippen molar-refractivity contribution in [2.45, 2.75) is 38.0 Å². The highest BCUT2D eigenvalue weighted by Crippen LogP contribution is 2.30. The van der Waals surface area contributed by atoms with Gasteiger partial charge in [-0.3, -0.25) is 4.90 Å². The Morgan fingerprint density at radius 3 is 2.35 bits per heavy atom. The minimum Gasteiger partial charge on any atom is -0.437 e. The summed E-state index contributed by atoms with van der Waals surface area (Å²) in [4.78, 5) is 4.83. The van der Waals surface area contributed by atoms with Crippen LogP contribution in [0.5, 0.6) is 0 Å². The van der Waals surface area contributed by atoms with Crippen molar-refractivity contribution >= 4 is 7.05 Å². The molecule has 3 nitrogen and oxygen atoms in total. The highest BCUT2D eigenvalue weighted by Gasteiger charge is 2.33. The molecule has 1 aromatic carbocycles. The van der Waals surface area contributed by atoms with Crippen LogP contribution in [0, 0.1) is 0 Å². The van der Waals surface area contributed by atoms with Crippen LogP contribution in [0.25, 0.3) is 0 Å². The Balaban J connectivity index is 1.52. The van der Waals surface area contributed by atoms with E-state index in [1.807, 2.05) is 6.82 Å². The lowest BCUT2D eigenvalue weighted by Crippen LogP contribution is -2.44. The number of likely N-dealkylation sites (tertiary alicyclic amines) is 1. The van der Waals surface area contributed by atoms with E-state index in [0.717, 1.165) is 19.0 Å². The van der Waals surface area contributed by atoms with Gasteiger partial charge in [0, 0.05) is 12.6 Å². The van der Waals surface area contributed by atoms with Gasteiger partial charge in [-0.25, -0.2) is 0 Å². The van der Waals surface area contributed by atoms with Crippen LogP contribution in [-0.4, -0.2) is 54.0 Å². The lowest BCUT2D eigenvalue weighted by Gasteiger charge is -2.36. The molecule has 1 aromatic rings. The highest BCUT2D eigenvalue weighted by molar-refractivity contribution is 6.45. The maximum atomic E-state index is 9.67. The molecule has 4 heteroatoms. The molecule has 108 valence electrons. The third-order valence-electron chi connectivity index (χ3n) is 5.04. The summed E-state index contributed by atoms with van der Waals surface area (Å²) in [5, 5.41) is 9.67. The van der Waals surface area contributed by atoms with Gasteiger partial charge >= 0.3 is 7.05 Å². The lowest BCUT2D eigenvalue weighted by molar-refractivity contribution is 0.157. The van der Waals surface area contributed by atoms with E-state index >= 15 is 0 Å². The summed E-state index contributed by atoms with van der Waals surface area (Å²) < 4.78 is 0. The number of hydrogen-bond donors (Lipinski definition) is 1. The molecule has 0 saturated carbocycles. The first kappa shape index (κ1) is 14.1. The summed E-state index contributed by atoms with van der Waals surface area (Å²) in [7, 11) is -0.290. The molecule has 0 bridgehead atoms. The van der Waals surface area contributed by atoms with Gasteiger partial charge in [-0.15, -0.1) is 0 Å². The van der Waals surface area contributed by atoms with Crippen molar-refractivity contribution < 1.29 is 5.02 Å². The van der Waals surface area contributed by atoms with Gasteiger partial charge in [0.1, 0.15) is 0 Å². The van der Waals surface area contributed by atoms with E-state index in [2.05, 4.69) is 40.0 Å². The van der Waals surface area contributed by atoms with E-state index in [1.165, 1.54) is 37.9 Å². The van der Waals surface area contributed by atoms with E-state index in [4.69, 9.17) is 0 Å². The van der Waals surface area contributed by atoms with Crippen LogP contribution in [0.2, 0.25) is 6.82 Å². The SMILES string of the molecule is CB(O)N1CCC(N2CCC(c3ccccc3)CC2)C1. The highest BCUT2D eigenvalue weighted by atomic mass is 16.2. The second-order valence-electron chi connectivity index (χ2n) is 6.29. The van der Waals surface area contributed by atoms with Gasteiger partial charge in [0.25, 0.3) is 0 Å². The van der Waals surface area contributed by atoms with Crippen LogP contribution in [-0.2, 0) is 0 Å². The van der Waals surface area contributed by atoms with Gasteiger partial charge < -0.3 is 9.83 Å². The van der Waals surface area contributed by atoms with Crippen molar-refractivity contribution in [3.8, 4) is 0 Å². The molecule has 1 atom stereocenters. The fourth-order valence-electron chi connectivity index (χ4n) is 3.73. The van der Waals surface area contributed by atoms with Crippen LogP contribution >= 0.6 is 0 Å². The number of hydrogen-bond acceptors (Lipinski definition) is 3. The van der Waals surface area contributed by atoms with Crippen molar-refractivity contribution in [3.05, 3.63) is 35.9 Å². The predicted octanol–water partition coefficient (Wildman–Crippen LogP) is 2.05. The minimum atomic E-state index is -0.290. The Hall–Kier alpha value is -0.835. The molecule has 0 spiro atoms. The smallest absolute Gasteiger partial charge is 0.376 e. The van der Waals surface area contributed by atoms with Gasteiger partial charge in [0.2, 0.25) is 0 Å². The molecule has 1 N–H and O–H groups in total. The zero-order valence-corrected chi connectivity index (χ0v) is 12.4. The summed E-state index contributed by atoms with van der Waals surface area (Å²) in [5.41, 5.74) is 1.50. The number of benzene rings is 1. The standard InChI is InChI=1S/C16H25BN2O/c1-17(20)19-12-9-16(13-19)18-10-7-15(8-11-18)14-5-3-2-4-6-14/h2-6,15-16,20H,7-13H2,1H3. The average Bonchev–Trinajstić information content (AvgIpc) is 2.98. The Kier molecular flexibility index (Phi) is 4.44. The van der Waals surface area contributed by atoms with Gasteiger partial charge in [0.05, 0.1) is 0 Å². The fraction of sp³-hybridized carbons (Fsp3) is 0.625. The summed E-state index contributed by atoms with van der Waals surface area (Å²) in [5.74, 6) is 0.738. The van der Waals surface area contributed by atoms with Crippen molar-refractivity contribution in [1.82, 2.24) is 9.71 Å². The molecular formula is C16H25BN2O. The monoisotopic (exact) mass is 272 g/mol. The summed E-state index contributed by atoms with van der Waals surface area (Å²) in [6, 6.07) is 11.6. The normalized spacial score (nSPS) is 26.0. The second-order valence-corrected chi connectivity index (χ2v) is 6.29. The molecule has 20 heavy (non-hydrogen) atoms. The van der Waals surface area contributed by atoms with Crippen molar-refractivity contribution in [2.75, 3.05) is 26.2 Å². The minimum absolute atomic E-state index is 0.290. The first-order chi connectivity index (χ1) is 9.74. The second kappa shape index (κ2) is 6.29. The maximum absolute atomic E-state index is 9.67. The summed E-state index contributed by atoms with van der Waals surface area (Å²) in [6.07, 6.45) is 3.76. The molecule has 2 fully saturated rings. The molecule has 0 aromatic heterocycles. The number of nitrogens with zero attached hydrogens (tertiary/aromatic N) is 2. The van der Waals surface area contributed by atoms with Gasteiger partial charge in [0.15, 0.2) is 0 Å². The van der Waals surface area contributed by atoms with E-state index in [1.54, 1.807) is 0 Å². The number of rotatable bonds is 3. The summed E-state index contributed by atoms with van der Waals surface area (Å²) in [6.45, 7) is 6.37. The Morgan fingerprint density at radius 2 is 1.75 bits per heavy atom. The van der Waals surface area contributed by atoms with Crippen LogP contribution in [0.15, 0.2) is 30.3 Å². The molecule has 1 unspecified atom stereocenters. The predicted molar refractivity (Wildman–Crippen MR) is 83.8 cm³/mol. The molecule has 2 aliphatic rings. The number of piperidine rings is 1. The molecule has 2 saturated heterocycles. The largest absolute Gasteiger partial charge is 0.437 e. The first-order valence-electron chi connectivity index (χ1n) is 7.95. The average molecular weight is 272 g/mol. The molecule has 2 aliphatic heterocycles. The fourth-order valence-corrected chi connectivity index (χ4v) is 3.73. The Bertz CT molecular complexity index is 418. The molecule has 0 radical (unpaired) electrons. The van der Waals surface area contributed by atoms with E-state index in [-0.39, 0.29) is 7.05 Å². The van der Waals surface area contributed by atoms with Crippen LogP contribution in [0.4, 0.5) is 0 Å². The molecule has 0 aliphatic carbocycles. The van der Waals surface area contributed by atoms with Gasteiger partial charge in [-0.05, 0) is 57.2 Å². The molecule has 3 rings (SSSR count). The first-order valence-corrected chi connectivity index (χ1v) is 7.95. The third-order valence-corrected chi connectivity index (χ3v) is 5.04. The van der Waals surface area contributed by atoms with E-state index in [9.17, 15) is 5.02 Å². The van der Waals surface area contributed by atoms with Crippen molar-refractivity contribution in [3.63, 3.8) is 0 Å². The van der Waals surface area contributed by atoms with E-state index < -0.39 is 0 Å². The topological polar surface area (TPSA) is 26.7 Å². The molecule has 2 heterocycles. The van der Waals surface area contributed by atoms with Crippen LogP contribution in [0.3, 0.4) is 0 Å². The van der Waals surface area contributed by atoms with Gasteiger partial charge in [-0.2, -0.15) is 0 Å². The Labute approximate surface area is 122 Å². The zero-order chi connectivity index (χ0) is 13.9. The zero-order valence-electron chi connectivity index (χ0n) is 12.4. The molecule has 0 amide bonds. The quantitative estimate of drug-likeness (QED) is 0.853. The van der Waals surface area contributed by atoms with Crippen molar-refractivity contribution in [1.29, 1.82) is 0 Å². The maximum Gasteiger partial charge on any atom is 0.376 e. The third kappa shape index (κ3) is 3.08. The van der Waals surface area contributed by atoms with Gasteiger partial charge in [-0.1, -0.05) is 30.3 Å². The lowest BCUT2D eigenvalue weighted by atomic mass is 9.86. The van der Waals surface area contributed by atoms with Crippen LogP contribution in [0.1, 0.15) is 30.7 Å². The summed E-state index contributed by atoms with van der Waals surface area (Å²) >= 11 is 0. The van der Waals surface area contributed by atoms with Crippen LogP contribution < -0.4 is 0 Å².